The topological polar surface area (TPSA) is 43.8 Å². The fraction of sp³-hybridized carbons (Fsp3) is 0.750. The Labute approximate surface area is 91.7 Å². The first-order chi connectivity index (χ1) is 7.24. The summed E-state index contributed by atoms with van der Waals surface area (Å²) in [4.78, 5) is 4.58. The summed E-state index contributed by atoms with van der Waals surface area (Å²) in [7, 11) is 0. The molecule has 1 aromatic heterocycles. The van der Waals surface area contributed by atoms with Crippen molar-refractivity contribution in [2.24, 2.45) is 0 Å². The van der Waals surface area contributed by atoms with Gasteiger partial charge in [-0.2, -0.15) is 0 Å². The molecule has 1 aromatic rings. The number of nitrogen functional groups attached to an aromatic ring is 1. The van der Waals surface area contributed by atoms with E-state index in [1.807, 2.05) is 0 Å². The lowest BCUT2D eigenvalue weighted by molar-refractivity contribution is 0.708. The number of nitrogens with two attached hydrogens (primary N) is 1. The maximum absolute atomic E-state index is 6.13. The highest BCUT2D eigenvalue weighted by molar-refractivity contribution is 5.39. The van der Waals surface area contributed by atoms with Gasteiger partial charge in [0.05, 0.1) is 5.69 Å². The van der Waals surface area contributed by atoms with Crippen molar-refractivity contribution in [2.75, 3.05) is 5.73 Å². The van der Waals surface area contributed by atoms with Crippen LogP contribution in [0.25, 0.3) is 0 Å². The molecule has 0 bridgehead atoms. The second-order valence-corrected chi connectivity index (χ2v) is 4.55. The number of anilines is 1. The third-order valence-corrected chi connectivity index (χ3v) is 3.13. The normalized spacial score (nSPS) is 15.9. The van der Waals surface area contributed by atoms with Crippen molar-refractivity contribution in [2.45, 2.75) is 58.4 Å². The van der Waals surface area contributed by atoms with E-state index in [0.29, 0.717) is 6.04 Å². The Morgan fingerprint density at radius 3 is 2.73 bits per heavy atom. The van der Waals surface area contributed by atoms with Crippen molar-refractivity contribution in [1.29, 1.82) is 0 Å². The molecule has 1 saturated carbocycles. The zero-order valence-electron chi connectivity index (χ0n) is 9.79. The Hall–Kier alpha value is -0.990. The van der Waals surface area contributed by atoms with Crippen LogP contribution in [-0.2, 0) is 6.42 Å². The van der Waals surface area contributed by atoms with Crippen molar-refractivity contribution in [3.8, 4) is 0 Å². The number of hydrogen-bond acceptors (Lipinski definition) is 2. The van der Waals surface area contributed by atoms with Gasteiger partial charge in [-0.3, -0.25) is 0 Å². The number of hydrogen-bond donors (Lipinski definition) is 1. The van der Waals surface area contributed by atoms with Gasteiger partial charge in [-0.15, -0.1) is 0 Å². The largest absolute Gasteiger partial charge is 0.384 e. The minimum atomic E-state index is 0.650. The van der Waals surface area contributed by atoms with Gasteiger partial charge in [0, 0.05) is 6.04 Å². The summed E-state index contributed by atoms with van der Waals surface area (Å²) in [6.07, 6.45) is 7.32. The maximum atomic E-state index is 6.13. The van der Waals surface area contributed by atoms with Gasteiger partial charge in [-0.05, 0) is 32.6 Å². The molecule has 0 unspecified atom stereocenters. The summed E-state index contributed by atoms with van der Waals surface area (Å²) in [6.45, 7) is 4.29. The van der Waals surface area contributed by atoms with E-state index in [1.54, 1.807) is 0 Å². The first-order valence-electron chi connectivity index (χ1n) is 6.07. The fourth-order valence-corrected chi connectivity index (χ4v) is 2.14. The first kappa shape index (κ1) is 10.5. The van der Waals surface area contributed by atoms with E-state index in [1.165, 1.54) is 32.1 Å². The van der Waals surface area contributed by atoms with Gasteiger partial charge < -0.3 is 10.3 Å². The van der Waals surface area contributed by atoms with Crippen molar-refractivity contribution in [1.82, 2.24) is 9.55 Å². The SMILES string of the molecule is CCCCCc1nc(C)n(C2CC2)c1N. The highest BCUT2D eigenvalue weighted by Crippen LogP contribution is 2.38. The minimum absolute atomic E-state index is 0.650. The minimum Gasteiger partial charge on any atom is -0.384 e. The van der Waals surface area contributed by atoms with Crippen LogP contribution >= 0.6 is 0 Å². The van der Waals surface area contributed by atoms with E-state index in [-0.39, 0.29) is 0 Å². The average molecular weight is 207 g/mol. The Morgan fingerprint density at radius 1 is 1.40 bits per heavy atom. The highest BCUT2D eigenvalue weighted by Gasteiger charge is 2.28. The zero-order chi connectivity index (χ0) is 10.8. The van der Waals surface area contributed by atoms with Crippen LogP contribution in [0.1, 0.15) is 56.6 Å². The Bertz CT molecular complexity index is 337. The van der Waals surface area contributed by atoms with Crippen LogP contribution in [0.5, 0.6) is 0 Å². The number of rotatable bonds is 5. The van der Waals surface area contributed by atoms with Crippen LogP contribution in [0, 0.1) is 6.92 Å². The third kappa shape index (κ3) is 2.16. The lowest BCUT2D eigenvalue weighted by atomic mass is 10.1. The predicted molar refractivity (Wildman–Crippen MR) is 62.9 cm³/mol. The van der Waals surface area contributed by atoms with Crippen LogP contribution in [0.4, 0.5) is 5.82 Å². The standard InChI is InChI=1S/C12H21N3/c1-3-4-5-6-11-12(13)15(9(2)14-11)10-7-8-10/h10H,3-8,13H2,1-2H3. The van der Waals surface area contributed by atoms with Crippen LogP contribution in [0.15, 0.2) is 0 Å². The van der Waals surface area contributed by atoms with Gasteiger partial charge in [0.2, 0.25) is 0 Å². The molecular weight excluding hydrogens is 186 g/mol. The molecule has 1 fully saturated rings. The molecule has 0 aromatic carbocycles. The maximum Gasteiger partial charge on any atom is 0.127 e. The Balaban J connectivity index is 2.07. The van der Waals surface area contributed by atoms with E-state index in [4.69, 9.17) is 5.73 Å². The van der Waals surface area contributed by atoms with E-state index in [9.17, 15) is 0 Å². The van der Waals surface area contributed by atoms with Crippen molar-refractivity contribution >= 4 is 5.82 Å². The summed E-state index contributed by atoms with van der Waals surface area (Å²) in [6, 6.07) is 0.650. The van der Waals surface area contributed by atoms with Gasteiger partial charge in [0.1, 0.15) is 11.6 Å². The van der Waals surface area contributed by atoms with Crippen molar-refractivity contribution < 1.29 is 0 Å². The van der Waals surface area contributed by atoms with E-state index < -0.39 is 0 Å². The molecule has 2 N–H and O–H groups in total. The van der Waals surface area contributed by atoms with Gasteiger partial charge in [0.15, 0.2) is 0 Å². The molecular formula is C12H21N3. The van der Waals surface area contributed by atoms with E-state index in [2.05, 4.69) is 23.4 Å². The second-order valence-electron chi connectivity index (χ2n) is 4.55. The molecule has 0 aliphatic heterocycles. The van der Waals surface area contributed by atoms with Gasteiger partial charge in [-0.1, -0.05) is 19.8 Å². The van der Waals surface area contributed by atoms with Crippen LogP contribution in [-0.4, -0.2) is 9.55 Å². The molecule has 1 heterocycles. The zero-order valence-corrected chi connectivity index (χ0v) is 9.79. The second kappa shape index (κ2) is 4.25. The summed E-state index contributed by atoms with van der Waals surface area (Å²) in [5, 5.41) is 0. The molecule has 0 spiro atoms. The molecule has 0 saturated heterocycles. The summed E-state index contributed by atoms with van der Waals surface area (Å²) < 4.78 is 2.22. The van der Waals surface area contributed by atoms with Crippen molar-refractivity contribution in [3.63, 3.8) is 0 Å². The molecule has 0 radical (unpaired) electrons. The third-order valence-electron chi connectivity index (χ3n) is 3.13. The van der Waals surface area contributed by atoms with Gasteiger partial charge in [-0.25, -0.2) is 4.98 Å². The molecule has 1 aliphatic rings. The predicted octanol–water partition coefficient (Wildman–Crippen LogP) is 2.84. The fourth-order valence-electron chi connectivity index (χ4n) is 2.14. The van der Waals surface area contributed by atoms with Gasteiger partial charge in [0.25, 0.3) is 0 Å². The number of unbranched alkanes of at least 4 members (excludes halogenated alkanes) is 2. The number of nitrogens with zero attached hydrogens (tertiary/aromatic N) is 2. The number of aryl methyl sites for hydroxylation is 2. The summed E-state index contributed by atoms with van der Waals surface area (Å²) >= 11 is 0. The van der Waals surface area contributed by atoms with E-state index >= 15 is 0 Å². The molecule has 15 heavy (non-hydrogen) atoms. The van der Waals surface area contributed by atoms with Crippen LogP contribution in [0.2, 0.25) is 0 Å². The molecule has 3 heteroatoms. The van der Waals surface area contributed by atoms with E-state index in [0.717, 1.165) is 23.8 Å². The smallest absolute Gasteiger partial charge is 0.127 e. The molecule has 2 rings (SSSR count). The quantitative estimate of drug-likeness (QED) is 0.754. The first-order valence-corrected chi connectivity index (χ1v) is 6.07. The van der Waals surface area contributed by atoms with Crippen LogP contribution < -0.4 is 5.73 Å². The number of aromatic nitrogens is 2. The molecule has 1 aliphatic carbocycles. The van der Waals surface area contributed by atoms with Crippen molar-refractivity contribution in [3.05, 3.63) is 11.5 Å². The molecule has 0 atom stereocenters. The molecule has 3 nitrogen and oxygen atoms in total. The lowest BCUT2D eigenvalue weighted by Crippen LogP contribution is -2.03. The monoisotopic (exact) mass is 207 g/mol. The molecule has 0 amide bonds. The Morgan fingerprint density at radius 2 is 2.13 bits per heavy atom. The summed E-state index contributed by atoms with van der Waals surface area (Å²) in [5.74, 6) is 2.02. The lowest BCUT2D eigenvalue weighted by Gasteiger charge is -2.04. The Kier molecular flexibility index (Phi) is 2.98. The van der Waals surface area contributed by atoms with Gasteiger partial charge >= 0.3 is 0 Å². The molecule has 84 valence electrons. The highest BCUT2D eigenvalue weighted by atomic mass is 15.2. The summed E-state index contributed by atoms with van der Waals surface area (Å²) in [5.41, 5.74) is 7.25. The van der Waals surface area contributed by atoms with Crippen LogP contribution in [0.3, 0.4) is 0 Å². The average Bonchev–Trinajstić information content (AvgIpc) is 2.97. The number of imidazole rings is 1.